The number of hydrogen-bond donors (Lipinski definition) is 0. The van der Waals surface area contributed by atoms with Crippen LogP contribution < -0.4 is 0 Å². The second kappa shape index (κ2) is 6.49. The van der Waals surface area contributed by atoms with Gasteiger partial charge in [0.05, 0.1) is 6.10 Å². The fraction of sp³-hybridized carbons (Fsp3) is 0.824. The molecule has 0 aromatic carbocycles. The third-order valence-corrected chi connectivity index (χ3v) is 5.40. The first kappa shape index (κ1) is 15.0. The van der Waals surface area contributed by atoms with Gasteiger partial charge in [0.2, 0.25) is 0 Å². The predicted octanol–water partition coefficient (Wildman–Crippen LogP) is 2.05. The number of carbonyl (C=O) groups excluding carboxylic acids is 1. The van der Waals surface area contributed by atoms with Gasteiger partial charge < -0.3 is 9.64 Å². The molecule has 21 heavy (non-hydrogen) atoms. The van der Waals surface area contributed by atoms with Gasteiger partial charge in [-0.1, -0.05) is 13.0 Å². The Labute approximate surface area is 128 Å². The molecule has 3 aliphatic heterocycles. The van der Waals surface area contributed by atoms with Crippen LogP contribution in [0.2, 0.25) is 0 Å². The summed E-state index contributed by atoms with van der Waals surface area (Å²) in [6.45, 7) is 9.94. The lowest BCUT2D eigenvalue weighted by atomic mass is 9.96. The molecule has 0 N–H and O–H groups in total. The lowest BCUT2D eigenvalue weighted by molar-refractivity contribution is -0.155. The minimum absolute atomic E-state index is 0.191. The van der Waals surface area contributed by atoms with Gasteiger partial charge in [0.15, 0.2) is 0 Å². The predicted molar refractivity (Wildman–Crippen MR) is 83.0 cm³/mol. The van der Waals surface area contributed by atoms with E-state index in [1.165, 1.54) is 0 Å². The molecule has 0 unspecified atom stereocenters. The molecule has 118 valence electrons. The van der Waals surface area contributed by atoms with Crippen molar-refractivity contribution in [2.45, 2.75) is 57.3 Å². The fourth-order valence-corrected chi connectivity index (χ4v) is 4.02. The Hall–Kier alpha value is -0.870. The van der Waals surface area contributed by atoms with Crippen LogP contribution in [-0.2, 0) is 9.53 Å². The number of amides is 1. The van der Waals surface area contributed by atoms with Crippen LogP contribution in [0.4, 0.5) is 0 Å². The van der Waals surface area contributed by atoms with Crippen molar-refractivity contribution in [3.8, 4) is 0 Å². The zero-order chi connectivity index (χ0) is 14.8. The second-order valence-corrected chi connectivity index (χ2v) is 6.89. The summed E-state index contributed by atoms with van der Waals surface area (Å²) in [7, 11) is 0. The SMILES string of the molecule is C=CCN1CC[C@H]2O[C@@H](C(=O)N3CCC(C)CC3)CC[C@H]21. The van der Waals surface area contributed by atoms with E-state index in [9.17, 15) is 4.79 Å². The van der Waals surface area contributed by atoms with Crippen LogP contribution in [-0.4, -0.2) is 60.1 Å². The summed E-state index contributed by atoms with van der Waals surface area (Å²) in [6.07, 6.45) is 7.31. The van der Waals surface area contributed by atoms with Crippen molar-refractivity contribution in [1.82, 2.24) is 9.80 Å². The molecule has 3 rings (SSSR count). The Bertz CT molecular complexity index is 390. The molecule has 3 heterocycles. The number of ether oxygens (including phenoxy) is 1. The number of rotatable bonds is 3. The summed E-state index contributed by atoms with van der Waals surface area (Å²) < 4.78 is 6.16. The topological polar surface area (TPSA) is 32.8 Å². The van der Waals surface area contributed by atoms with Crippen LogP contribution in [0.3, 0.4) is 0 Å². The first-order valence-electron chi connectivity index (χ1n) is 8.48. The van der Waals surface area contributed by atoms with E-state index in [1.807, 2.05) is 11.0 Å². The molecule has 4 heteroatoms. The van der Waals surface area contributed by atoms with Crippen molar-refractivity contribution in [3.63, 3.8) is 0 Å². The zero-order valence-electron chi connectivity index (χ0n) is 13.2. The maximum absolute atomic E-state index is 12.6. The van der Waals surface area contributed by atoms with Gasteiger partial charge in [-0.15, -0.1) is 6.58 Å². The number of likely N-dealkylation sites (tertiary alicyclic amines) is 2. The highest BCUT2D eigenvalue weighted by molar-refractivity contribution is 5.81. The smallest absolute Gasteiger partial charge is 0.251 e. The van der Waals surface area contributed by atoms with E-state index in [1.54, 1.807) is 0 Å². The molecule has 4 nitrogen and oxygen atoms in total. The molecule has 3 saturated heterocycles. The average Bonchev–Trinajstić information content (AvgIpc) is 2.90. The van der Waals surface area contributed by atoms with E-state index in [4.69, 9.17) is 4.74 Å². The Morgan fingerprint density at radius 2 is 1.95 bits per heavy atom. The van der Waals surface area contributed by atoms with Crippen LogP contribution in [0, 0.1) is 5.92 Å². The van der Waals surface area contributed by atoms with Gasteiger partial charge in [-0.2, -0.15) is 0 Å². The Morgan fingerprint density at radius 3 is 2.67 bits per heavy atom. The van der Waals surface area contributed by atoms with Crippen molar-refractivity contribution >= 4 is 5.91 Å². The third-order valence-electron chi connectivity index (χ3n) is 5.40. The normalized spacial score (nSPS) is 34.7. The lowest BCUT2D eigenvalue weighted by Crippen LogP contribution is -2.50. The molecule has 0 radical (unpaired) electrons. The summed E-state index contributed by atoms with van der Waals surface area (Å²) in [6, 6.07) is 0.494. The number of fused-ring (bicyclic) bond motifs is 1. The summed E-state index contributed by atoms with van der Waals surface area (Å²) in [4.78, 5) is 17.1. The first-order valence-corrected chi connectivity index (χ1v) is 8.48. The van der Waals surface area contributed by atoms with Crippen molar-refractivity contribution in [3.05, 3.63) is 12.7 Å². The molecule has 3 aliphatic rings. The molecule has 0 aliphatic carbocycles. The maximum Gasteiger partial charge on any atom is 0.251 e. The van der Waals surface area contributed by atoms with Crippen molar-refractivity contribution < 1.29 is 9.53 Å². The number of piperidine rings is 1. The highest BCUT2D eigenvalue weighted by Crippen LogP contribution is 2.32. The van der Waals surface area contributed by atoms with Gasteiger partial charge in [-0.3, -0.25) is 9.69 Å². The van der Waals surface area contributed by atoms with Crippen LogP contribution in [0.1, 0.15) is 39.0 Å². The first-order chi connectivity index (χ1) is 10.2. The summed E-state index contributed by atoms with van der Waals surface area (Å²) in [5.74, 6) is 0.996. The summed E-state index contributed by atoms with van der Waals surface area (Å²) >= 11 is 0. The third kappa shape index (κ3) is 3.16. The highest BCUT2D eigenvalue weighted by Gasteiger charge is 2.42. The number of nitrogens with zero attached hydrogens (tertiary/aromatic N) is 2. The van der Waals surface area contributed by atoms with Crippen molar-refractivity contribution in [2.75, 3.05) is 26.2 Å². The molecular weight excluding hydrogens is 264 g/mol. The van der Waals surface area contributed by atoms with Crippen LogP contribution >= 0.6 is 0 Å². The highest BCUT2D eigenvalue weighted by atomic mass is 16.5. The van der Waals surface area contributed by atoms with Gasteiger partial charge in [0, 0.05) is 32.2 Å². The van der Waals surface area contributed by atoms with Gasteiger partial charge in [-0.05, 0) is 38.0 Å². The van der Waals surface area contributed by atoms with E-state index in [0.29, 0.717) is 6.04 Å². The van der Waals surface area contributed by atoms with Crippen LogP contribution in [0.5, 0.6) is 0 Å². The number of carbonyl (C=O) groups is 1. The molecule has 0 aromatic heterocycles. The van der Waals surface area contributed by atoms with E-state index >= 15 is 0 Å². The van der Waals surface area contributed by atoms with Gasteiger partial charge in [0.1, 0.15) is 6.10 Å². The van der Waals surface area contributed by atoms with Crippen molar-refractivity contribution in [1.29, 1.82) is 0 Å². The maximum atomic E-state index is 12.6. The zero-order valence-corrected chi connectivity index (χ0v) is 13.2. The standard InChI is InChI=1S/C17H28N2O2/c1-3-9-18-12-8-15-14(18)4-5-16(21-15)17(20)19-10-6-13(2)7-11-19/h3,13-16H,1,4-12H2,2H3/t14-,15-,16-/m1/s1. The van der Waals surface area contributed by atoms with E-state index in [0.717, 1.165) is 64.2 Å². The molecule has 0 bridgehead atoms. The number of hydrogen-bond acceptors (Lipinski definition) is 3. The lowest BCUT2D eigenvalue weighted by Gasteiger charge is -2.38. The quantitative estimate of drug-likeness (QED) is 0.746. The average molecular weight is 292 g/mol. The van der Waals surface area contributed by atoms with E-state index < -0.39 is 0 Å². The minimum atomic E-state index is -0.191. The van der Waals surface area contributed by atoms with Gasteiger partial charge in [0.25, 0.3) is 5.91 Å². The molecule has 3 fully saturated rings. The molecule has 0 spiro atoms. The molecule has 0 saturated carbocycles. The Balaban J connectivity index is 1.55. The molecule has 1 amide bonds. The minimum Gasteiger partial charge on any atom is -0.363 e. The van der Waals surface area contributed by atoms with Crippen molar-refractivity contribution in [2.24, 2.45) is 5.92 Å². The van der Waals surface area contributed by atoms with Crippen LogP contribution in [0.15, 0.2) is 12.7 Å². The van der Waals surface area contributed by atoms with Gasteiger partial charge >= 0.3 is 0 Å². The monoisotopic (exact) mass is 292 g/mol. The molecule has 0 aromatic rings. The van der Waals surface area contributed by atoms with E-state index in [-0.39, 0.29) is 18.1 Å². The largest absolute Gasteiger partial charge is 0.363 e. The summed E-state index contributed by atoms with van der Waals surface area (Å²) in [5.41, 5.74) is 0. The Kier molecular flexibility index (Phi) is 4.65. The summed E-state index contributed by atoms with van der Waals surface area (Å²) in [5, 5.41) is 0. The van der Waals surface area contributed by atoms with Crippen LogP contribution in [0.25, 0.3) is 0 Å². The second-order valence-electron chi connectivity index (χ2n) is 6.89. The fourth-order valence-electron chi connectivity index (χ4n) is 4.02. The van der Waals surface area contributed by atoms with E-state index in [2.05, 4.69) is 18.4 Å². The molecule has 3 atom stereocenters. The van der Waals surface area contributed by atoms with Gasteiger partial charge in [-0.25, -0.2) is 0 Å². The Morgan fingerprint density at radius 1 is 1.19 bits per heavy atom. The molecular formula is C17H28N2O2.